The van der Waals surface area contributed by atoms with Crippen molar-refractivity contribution < 1.29 is 9.32 Å². The van der Waals surface area contributed by atoms with E-state index in [-0.39, 0.29) is 17.9 Å². The van der Waals surface area contributed by atoms with Crippen LogP contribution in [0.3, 0.4) is 0 Å². The second kappa shape index (κ2) is 6.75. The summed E-state index contributed by atoms with van der Waals surface area (Å²) in [5, 5.41) is 7.04. The summed E-state index contributed by atoms with van der Waals surface area (Å²) >= 11 is 0. The van der Waals surface area contributed by atoms with Crippen LogP contribution in [0.2, 0.25) is 0 Å². The van der Waals surface area contributed by atoms with E-state index in [1.54, 1.807) is 0 Å². The normalized spacial score (nSPS) is 22.8. The minimum absolute atomic E-state index is 0.0174. The molecule has 1 aliphatic rings. The first kappa shape index (κ1) is 16.9. The summed E-state index contributed by atoms with van der Waals surface area (Å²) in [6, 6.07) is 0.129. The highest BCUT2D eigenvalue weighted by atomic mass is 16.5. The van der Waals surface area contributed by atoms with E-state index < -0.39 is 5.54 Å². The first-order valence-electron chi connectivity index (χ1n) is 7.83. The van der Waals surface area contributed by atoms with Crippen molar-refractivity contribution in [1.82, 2.24) is 20.4 Å². The standard InChI is InChI=1S/C15H27N5O2/c1-15(2,14-17-12(22-19-14)9-20(3)4)18-13(21)10-6-5-7-11(16)8-10/h10-11H,5-9,16H2,1-4H3,(H,18,21). The minimum atomic E-state index is -0.660. The lowest BCUT2D eigenvalue weighted by molar-refractivity contribution is -0.128. The smallest absolute Gasteiger partial charge is 0.240 e. The topological polar surface area (TPSA) is 97.3 Å². The Morgan fingerprint density at radius 3 is 2.82 bits per heavy atom. The van der Waals surface area contributed by atoms with Crippen molar-refractivity contribution >= 4 is 5.91 Å². The van der Waals surface area contributed by atoms with Gasteiger partial charge in [-0.3, -0.25) is 4.79 Å². The zero-order valence-electron chi connectivity index (χ0n) is 13.9. The van der Waals surface area contributed by atoms with Crippen LogP contribution in [0.5, 0.6) is 0 Å². The van der Waals surface area contributed by atoms with E-state index in [0.29, 0.717) is 18.3 Å². The summed E-state index contributed by atoms with van der Waals surface area (Å²) in [7, 11) is 3.87. The molecule has 1 heterocycles. The Balaban J connectivity index is 2.00. The quantitative estimate of drug-likeness (QED) is 0.842. The van der Waals surface area contributed by atoms with Crippen molar-refractivity contribution in [2.24, 2.45) is 11.7 Å². The van der Waals surface area contributed by atoms with Crippen LogP contribution in [0, 0.1) is 5.92 Å². The van der Waals surface area contributed by atoms with Crippen molar-refractivity contribution in [3.8, 4) is 0 Å². The minimum Gasteiger partial charge on any atom is -0.344 e. The largest absolute Gasteiger partial charge is 0.344 e. The average molecular weight is 309 g/mol. The fraction of sp³-hybridized carbons (Fsp3) is 0.800. The molecule has 2 atom stereocenters. The van der Waals surface area contributed by atoms with Gasteiger partial charge in [0.05, 0.1) is 12.1 Å². The molecular formula is C15H27N5O2. The molecule has 2 unspecified atom stereocenters. The predicted octanol–water partition coefficient (Wildman–Crippen LogP) is 1.00. The van der Waals surface area contributed by atoms with Gasteiger partial charge in [-0.25, -0.2) is 0 Å². The molecule has 2 rings (SSSR count). The molecule has 1 aromatic heterocycles. The van der Waals surface area contributed by atoms with Crippen LogP contribution in [-0.4, -0.2) is 41.1 Å². The fourth-order valence-corrected chi connectivity index (χ4v) is 2.78. The zero-order chi connectivity index (χ0) is 16.3. The van der Waals surface area contributed by atoms with Gasteiger partial charge in [0.25, 0.3) is 0 Å². The van der Waals surface area contributed by atoms with Gasteiger partial charge in [0.15, 0.2) is 5.82 Å². The molecule has 0 bridgehead atoms. The van der Waals surface area contributed by atoms with E-state index in [2.05, 4.69) is 15.5 Å². The first-order valence-corrected chi connectivity index (χ1v) is 7.83. The Morgan fingerprint density at radius 1 is 1.45 bits per heavy atom. The molecule has 0 aliphatic heterocycles. The second-order valence-electron chi connectivity index (χ2n) is 6.99. The molecule has 7 heteroatoms. The SMILES string of the molecule is CN(C)Cc1nc(C(C)(C)NC(=O)C2CCCC(N)C2)no1. The molecule has 3 N–H and O–H groups in total. The van der Waals surface area contributed by atoms with E-state index in [9.17, 15) is 4.79 Å². The third-order valence-corrected chi connectivity index (χ3v) is 4.00. The van der Waals surface area contributed by atoms with Crippen molar-refractivity contribution in [1.29, 1.82) is 0 Å². The molecule has 0 radical (unpaired) electrons. The van der Waals surface area contributed by atoms with E-state index in [4.69, 9.17) is 10.3 Å². The third kappa shape index (κ3) is 4.27. The molecule has 1 aromatic rings. The van der Waals surface area contributed by atoms with Gasteiger partial charge in [0.1, 0.15) is 0 Å². The maximum atomic E-state index is 12.5. The second-order valence-corrected chi connectivity index (χ2v) is 6.99. The van der Waals surface area contributed by atoms with Gasteiger partial charge in [-0.1, -0.05) is 11.6 Å². The van der Waals surface area contributed by atoms with E-state index in [0.717, 1.165) is 25.7 Å². The highest BCUT2D eigenvalue weighted by molar-refractivity contribution is 5.79. The summed E-state index contributed by atoms with van der Waals surface area (Å²) in [6.45, 7) is 4.35. The maximum Gasteiger partial charge on any atom is 0.240 e. The predicted molar refractivity (Wildman–Crippen MR) is 82.8 cm³/mol. The van der Waals surface area contributed by atoms with Gasteiger partial charge in [-0.05, 0) is 47.2 Å². The number of nitrogens with two attached hydrogens (primary N) is 1. The summed E-state index contributed by atoms with van der Waals surface area (Å²) in [5.74, 6) is 1.05. The van der Waals surface area contributed by atoms with Crippen LogP contribution in [0.1, 0.15) is 51.2 Å². The molecule has 7 nitrogen and oxygen atoms in total. The van der Waals surface area contributed by atoms with Gasteiger partial charge in [0, 0.05) is 12.0 Å². The lowest BCUT2D eigenvalue weighted by Crippen LogP contribution is -2.46. The summed E-state index contributed by atoms with van der Waals surface area (Å²) in [5.41, 5.74) is 5.30. The molecule has 0 spiro atoms. The zero-order valence-corrected chi connectivity index (χ0v) is 13.9. The molecule has 22 heavy (non-hydrogen) atoms. The van der Waals surface area contributed by atoms with Crippen LogP contribution >= 0.6 is 0 Å². The Kier molecular flexibility index (Phi) is 5.18. The van der Waals surface area contributed by atoms with Gasteiger partial charge < -0.3 is 20.5 Å². The van der Waals surface area contributed by atoms with Crippen LogP contribution in [0.15, 0.2) is 4.52 Å². The monoisotopic (exact) mass is 309 g/mol. The number of amides is 1. The summed E-state index contributed by atoms with van der Waals surface area (Å²) in [6.07, 6.45) is 3.66. The Hall–Kier alpha value is -1.47. The van der Waals surface area contributed by atoms with E-state index >= 15 is 0 Å². The van der Waals surface area contributed by atoms with Crippen LogP contribution in [-0.2, 0) is 16.9 Å². The van der Waals surface area contributed by atoms with Crippen LogP contribution in [0.4, 0.5) is 0 Å². The number of hydrogen-bond acceptors (Lipinski definition) is 6. The van der Waals surface area contributed by atoms with Gasteiger partial charge in [0.2, 0.25) is 11.8 Å². The van der Waals surface area contributed by atoms with Gasteiger partial charge in [-0.2, -0.15) is 4.98 Å². The molecule has 1 saturated carbocycles. The Labute approximate surface area is 131 Å². The number of hydrogen-bond donors (Lipinski definition) is 2. The summed E-state index contributed by atoms with van der Waals surface area (Å²) in [4.78, 5) is 18.8. The Bertz CT molecular complexity index is 512. The number of carbonyl (C=O) groups excluding carboxylic acids is 1. The average Bonchev–Trinajstić information content (AvgIpc) is 2.86. The number of nitrogens with zero attached hydrogens (tertiary/aromatic N) is 3. The number of aromatic nitrogens is 2. The van der Waals surface area contributed by atoms with Gasteiger partial charge >= 0.3 is 0 Å². The number of carbonyl (C=O) groups is 1. The fourth-order valence-electron chi connectivity index (χ4n) is 2.78. The van der Waals surface area contributed by atoms with Crippen LogP contribution in [0.25, 0.3) is 0 Å². The Morgan fingerprint density at radius 2 is 2.18 bits per heavy atom. The molecule has 1 amide bonds. The molecular weight excluding hydrogens is 282 g/mol. The maximum absolute atomic E-state index is 12.5. The molecule has 1 aliphatic carbocycles. The first-order chi connectivity index (χ1) is 10.3. The van der Waals surface area contributed by atoms with Crippen LogP contribution < -0.4 is 11.1 Å². The van der Waals surface area contributed by atoms with E-state index in [1.807, 2.05) is 32.8 Å². The summed E-state index contributed by atoms with van der Waals surface area (Å²) < 4.78 is 5.23. The van der Waals surface area contributed by atoms with Crippen molar-refractivity contribution in [3.05, 3.63) is 11.7 Å². The van der Waals surface area contributed by atoms with Crippen molar-refractivity contribution in [2.75, 3.05) is 14.1 Å². The number of nitrogens with one attached hydrogen (secondary N) is 1. The highest BCUT2D eigenvalue weighted by Crippen LogP contribution is 2.25. The van der Waals surface area contributed by atoms with Crippen molar-refractivity contribution in [3.63, 3.8) is 0 Å². The van der Waals surface area contributed by atoms with Gasteiger partial charge in [-0.15, -0.1) is 0 Å². The van der Waals surface area contributed by atoms with Crippen molar-refractivity contribution in [2.45, 2.75) is 57.7 Å². The lowest BCUT2D eigenvalue weighted by atomic mass is 9.85. The third-order valence-electron chi connectivity index (χ3n) is 4.00. The molecule has 124 valence electrons. The molecule has 1 fully saturated rings. The lowest BCUT2D eigenvalue weighted by Gasteiger charge is -2.29. The molecule has 0 saturated heterocycles. The highest BCUT2D eigenvalue weighted by Gasteiger charge is 2.33. The number of rotatable bonds is 5. The molecule has 0 aromatic carbocycles. The van der Waals surface area contributed by atoms with E-state index in [1.165, 1.54) is 0 Å².